The Morgan fingerprint density at radius 3 is 2.72 bits per heavy atom. The molecule has 100 valence electrons. The van der Waals surface area contributed by atoms with Crippen LogP contribution in [0.4, 0.5) is 0 Å². The van der Waals surface area contributed by atoms with E-state index in [1.807, 2.05) is 0 Å². The van der Waals surface area contributed by atoms with Gasteiger partial charge in [-0.05, 0) is 24.1 Å². The number of aromatic hydroxyl groups is 1. The molecule has 2 rings (SSSR count). The lowest BCUT2D eigenvalue weighted by Gasteiger charge is -2.28. The summed E-state index contributed by atoms with van der Waals surface area (Å²) in [6, 6.07) is 4.69. The minimum absolute atomic E-state index is 0.123. The van der Waals surface area contributed by atoms with E-state index in [1.165, 1.54) is 6.07 Å². The molecule has 1 atom stereocenters. The van der Waals surface area contributed by atoms with Gasteiger partial charge in [-0.3, -0.25) is 0 Å². The molecule has 5 heteroatoms. The molecular formula is C13H19ClN2O2. The van der Waals surface area contributed by atoms with Gasteiger partial charge < -0.3 is 20.4 Å². The predicted octanol–water partition coefficient (Wildman–Crippen LogP) is 1.37. The van der Waals surface area contributed by atoms with Crippen molar-refractivity contribution in [3.8, 4) is 5.75 Å². The topological polar surface area (TPSA) is 55.7 Å². The fraction of sp³-hybridized carbons (Fsp3) is 0.538. The Balaban J connectivity index is 1.88. The molecule has 1 aromatic rings. The van der Waals surface area contributed by atoms with Crippen LogP contribution >= 0.6 is 11.6 Å². The third-order valence-electron chi connectivity index (χ3n) is 3.27. The second-order valence-electron chi connectivity index (χ2n) is 4.60. The summed E-state index contributed by atoms with van der Waals surface area (Å²) in [4.78, 5) is 2.33. The Labute approximate surface area is 112 Å². The van der Waals surface area contributed by atoms with Crippen LogP contribution in [0.2, 0.25) is 5.02 Å². The molecule has 1 heterocycles. The van der Waals surface area contributed by atoms with Crippen LogP contribution in [0.15, 0.2) is 18.2 Å². The van der Waals surface area contributed by atoms with Crippen molar-refractivity contribution in [1.82, 2.24) is 10.2 Å². The van der Waals surface area contributed by atoms with Gasteiger partial charge in [0.05, 0.1) is 11.1 Å². The highest BCUT2D eigenvalue weighted by Gasteiger charge is 2.15. The van der Waals surface area contributed by atoms with Gasteiger partial charge in [-0.1, -0.05) is 17.7 Å². The number of rotatable bonds is 4. The van der Waals surface area contributed by atoms with Gasteiger partial charge in [-0.25, -0.2) is 0 Å². The highest BCUT2D eigenvalue weighted by molar-refractivity contribution is 6.31. The molecule has 0 bridgehead atoms. The molecule has 1 aliphatic rings. The van der Waals surface area contributed by atoms with E-state index in [0.717, 1.165) is 32.7 Å². The van der Waals surface area contributed by atoms with Crippen LogP contribution in [0, 0.1) is 0 Å². The quantitative estimate of drug-likeness (QED) is 0.774. The van der Waals surface area contributed by atoms with Gasteiger partial charge in [0.2, 0.25) is 0 Å². The first-order valence-electron chi connectivity index (χ1n) is 6.26. The first-order chi connectivity index (χ1) is 8.66. The number of nitrogens with zero attached hydrogens (tertiary/aromatic N) is 1. The summed E-state index contributed by atoms with van der Waals surface area (Å²) in [5.74, 6) is 0.123. The maximum Gasteiger partial charge on any atom is 0.117 e. The van der Waals surface area contributed by atoms with Gasteiger partial charge in [-0.15, -0.1) is 0 Å². The third-order valence-corrected chi connectivity index (χ3v) is 3.60. The number of aliphatic hydroxyl groups excluding tert-OH is 1. The molecule has 18 heavy (non-hydrogen) atoms. The average Bonchev–Trinajstić information content (AvgIpc) is 2.37. The van der Waals surface area contributed by atoms with Crippen molar-refractivity contribution in [2.75, 3.05) is 32.7 Å². The van der Waals surface area contributed by atoms with Crippen LogP contribution in [0.25, 0.3) is 0 Å². The molecular weight excluding hydrogens is 252 g/mol. The minimum Gasteiger partial charge on any atom is -0.508 e. The highest BCUT2D eigenvalue weighted by Crippen LogP contribution is 2.28. The molecule has 0 spiro atoms. The van der Waals surface area contributed by atoms with Crippen molar-refractivity contribution < 1.29 is 10.2 Å². The van der Waals surface area contributed by atoms with Crippen molar-refractivity contribution in [1.29, 1.82) is 0 Å². The lowest BCUT2D eigenvalue weighted by atomic mass is 10.1. The zero-order chi connectivity index (χ0) is 13.0. The molecule has 3 N–H and O–H groups in total. The molecule has 0 aromatic heterocycles. The molecule has 4 nitrogen and oxygen atoms in total. The Morgan fingerprint density at radius 2 is 2.06 bits per heavy atom. The summed E-state index contributed by atoms with van der Waals surface area (Å²) in [7, 11) is 0. The number of phenolic OH excluding ortho intramolecular Hbond substituents is 1. The normalized spacial score (nSPS) is 18.8. The van der Waals surface area contributed by atoms with E-state index < -0.39 is 6.10 Å². The molecule has 1 aliphatic heterocycles. The Morgan fingerprint density at radius 1 is 1.33 bits per heavy atom. The molecule has 0 saturated carbocycles. The monoisotopic (exact) mass is 270 g/mol. The van der Waals surface area contributed by atoms with Crippen molar-refractivity contribution in [2.24, 2.45) is 0 Å². The van der Waals surface area contributed by atoms with E-state index in [9.17, 15) is 10.2 Å². The largest absolute Gasteiger partial charge is 0.508 e. The maximum atomic E-state index is 10.1. The fourth-order valence-electron chi connectivity index (χ4n) is 2.18. The number of phenols is 1. The summed E-state index contributed by atoms with van der Waals surface area (Å²) in [6.45, 7) is 4.93. The van der Waals surface area contributed by atoms with E-state index in [0.29, 0.717) is 17.0 Å². The lowest BCUT2D eigenvalue weighted by Crippen LogP contribution is -2.44. The molecule has 1 unspecified atom stereocenters. The maximum absolute atomic E-state index is 10.1. The minimum atomic E-state index is -0.576. The van der Waals surface area contributed by atoms with Crippen LogP contribution in [-0.2, 0) is 0 Å². The van der Waals surface area contributed by atoms with Crippen molar-refractivity contribution in [2.45, 2.75) is 12.5 Å². The number of aliphatic hydroxyl groups is 1. The zero-order valence-corrected chi connectivity index (χ0v) is 11.0. The second kappa shape index (κ2) is 6.38. The van der Waals surface area contributed by atoms with Gasteiger partial charge in [-0.2, -0.15) is 0 Å². The molecule has 1 aromatic carbocycles. The van der Waals surface area contributed by atoms with Crippen molar-refractivity contribution in [3.05, 3.63) is 28.8 Å². The summed E-state index contributed by atoms with van der Waals surface area (Å²) in [5, 5.41) is 23.1. The summed E-state index contributed by atoms with van der Waals surface area (Å²) in [6.07, 6.45) is 0.0813. The molecule has 1 fully saturated rings. The third kappa shape index (κ3) is 3.59. The number of piperazine rings is 1. The van der Waals surface area contributed by atoms with Crippen LogP contribution in [-0.4, -0.2) is 47.8 Å². The predicted molar refractivity (Wildman–Crippen MR) is 72.0 cm³/mol. The average molecular weight is 271 g/mol. The van der Waals surface area contributed by atoms with Gasteiger partial charge in [0.15, 0.2) is 0 Å². The zero-order valence-electron chi connectivity index (χ0n) is 10.3. The number of benzene rings is 1. The van der Waals surface area contributed by atoms with Crippen molar-refractivity contribution in [3.63, 3.8) is 0 Å². The number of halogens is 1. The Kier molecular flexibility index (Phi) is 4.83. The number of hydrogen-bond donors (Lipinski definition) is 3. The number of nitrogens with one attached hydrogen (secondary N) is 1. The van der Waals surface area contributed by atoms with Crippen LogP contribution in [0.1, 0.15) is 18.1 Å². The van der Waals surface area contributed by atoms with E-state index in [4.69, 9.17) is 11.6 Å². The lowest BCUT2D eigenvalue weighted by molar-refractivity contribution is 0.137. The smallest absolute Gasteiger partial charge is 0.117 e. The van der Waals surface area contributed by atoms with E-state index in [2.05, 4.69) is 10.2 Å². The summed E-state index contributed by atoms with van der Waals surface area (Å²) in [5.41, 5.74) is 0.685. The molecule has 1 saturated heterocycles. The Bertz CT molecular complexity index is 395. The van der Waals surface area contributed by atoms with Gasteiger partial charge in [0, 0.05) is 32.7 Å². The summed E-state index contributed by atoms with van der Waals surface area (Å²) >= 11 is 6.00. The first-order valence-corrected chi connectivity index (χ1v) is 6.64. The van der Waals surface area contributed by atoms with Gasteiger partial charge in [0.1, 0.15) is 5.75 Å². The number of hydrogen-bond acceptors (Lipinski definition) is 4. The van der Waals surface area contributed by atoms with Crippen molar-refractivity contribution >= 4 is 11.6 Å². The fourth-order valence-corrected chi connectivity index (χ4v) is 2.48. The SMILES string of the molecule is Oc1ccc(C(O)CCN2CCNCC2)c(Cl)c1. The van der Waals surface area contributed by atoms with Gasteiger partial charge >= 0.3 is 0 Å². The van der Waals surface area contributed by atoms with E-state index in [-0.39, 0.29) is 5.75 Å². The van der Waals surface area contributed by atoms with Gasteiger partial charge in [0.25, 0.3) is 0 Å². The summed E-state index contributed by atoms with van der Waals surface area (Å²) < 4.78 is 0. The van der Waals surface area contributed by atoms with Crippen LogP contribution < -0.4 is 5.32 Å². The molecule has 0 aliphatic carbocycles. The van der Waals surface area contributed by atoms with E-state index >= 15 is 0 Å². The van der Waals surface area contributed by atoms with Crippen LogP contribution in [0.3, 0.4) is 0 Å². The Hall–Kier alpha value is -0.810. The standard InChI is InChI=1S/C13H19ClN2O2/c14-12-9-10(17)1-2-11(12)13(18)3-6-16-7-4-15-5-8-16/h1-2,9,13,15,17-18H,3-8H2. The first kappa shape index (κ1) is 13.6. The van der Waals surface area contributed by atoms with E-state index in [1.54, 1.807) is 12.1 Å². The molecule has 0 radical (unpaired) electrons. The highest BCUT2D eigenvalue weighted by atomic mass is 35.5. The van der Waals surface area contributed by atoms with Crippen LogP contribution in [0.5, 0.6) is 5.75 Å². The second-order valence-corrected chi connectivity index (χ2v) is 5.01. The molecule has 0 amide bonds.